The van der Waals surface area contributed by atoms with Crippen molar-refractivity contribution in [3.05, 3.63) is 53.2 Å². The summed E-state index contributed by atoms with van der Waals surface area (Å²) in [6.07, 6.45) is 4.93. The zero-order valence-electron chi connectivity index (χ0n) is 13.4. The molecule has 126 valence electrons. The van der Waals surface area contributed by atoms with E-state index in [0.717, 1.165) is 31.2 Å². The Morgan fingerprint density at radius 1 is 1.08 bits per heavy atom. The lowest BCUT2D eigenvalue weighted by atomic mass is 9.94. The van der Waals surface area contributed by atoms with Gasteiger partial charge in [-0.3, -0.25) is 4.90 Å². The Kier molecular flexibility index (Phi) is 5.64. The molecule has 0 spiro atoms. The third-order valence-corrected chi connectivity index (χ3v) is 4.41. The number of benzene rings is 1. The molecule has 1 aliphatic rings. The molecule has 0 unspecified atom stereocenters. The topological polar surface area (TPSA) is 55.3 Å². The molecule has 2 aromatic rings. The van der Waals surface area contributed by atoms with Crippen LogP contribution in [0.4, 0.5) is 10.6 Å². The van der Waals surface area contributed by atoms with E-state index in [9.17, 15) is 4.79 Å². The van der Waals surface area contributed by atoms with Crippen molar-refractivity contribution in [2.75, 3.05) is 4.90 Å². The molecule has 1 saturated carbocycles. The average molecular weight is 346 g/mol. The summed E-state index contributed by atoms with van der Waals surface area (Å²) >= 11 is 5.81. The molecule has 1 heterocycles. The second-order valence-electron chi connectivity index (χ2n) is 5.92. The van der Waals surface area contributed by atoms with Gasteiger partial charge in [-0.1, -0.05) is 61.2 Å². The summed E-state index contributed by atoms with van der Waals surface area (Å²) in [7, 11) is 0. The van der Waals surface area contributed by atoms with E-state index in [1.54, 1.807) is 17.0 Å². The van der Waals surface area contributed by atoms with E-state index < -0.39 is 0 Å². The standard InChI is InChI=1S/C18H20ClN3O2/c19-16-11-12-17(21-20-16)22(15-9-5-2-6-10-15)18(23)24-13-14-7-3-1-4-8-14/h1,3-4,7-8,11-12,15H,2,5-6,9-10,13H2. The first kappa shape index (κ1) is 16.7. The highest BCUT2D eigenvalue weighted by atomic mass is 35.5. The highest BCUT2D eigenvalue weighted by Crippen LogP contribution is 2.27. The van der Waals surface area contributed by atoms with Crippen LogP contribution in [0.5, 0.6) is 0 Å². The van der Waals surface area contributed by atoms with Gasteiger partial charge < -0.3 is 4.74 Å². The number of halogens is 1. The van der Waals surface area contributed by atoms with Gasteiger partial charge >= 0.3 is 6.09 Å². The van der Waals surface area contributed by atoms with Crippen molar-refractivity contribution in [3.8, 4) is 0 Å². The summed E-state index contributed by atoms with van der Waals surface area (Å²) in [5.41, 5.74) is 0.955. The van der Waals surface area contributed by atoms with Crippen LogP contribution in [0.2, 0.25) is 5.15 Å². The molecule has 1 aliphatic carbocycles. The van der Waals surface area contributed by atoms with Crippen LogP contribution in [0.1, 0.15) is 37.7 Å². The molecule has 1 amide bonds. The highest BCUT2D eigenvalue weighted by Gasteiger charge is 2.29. The van der Waals surface area contributed by atoms with Crippen molar-refractivity contribution >= 4 is 23.5 Å². The third kappa shape index (κ3) is 4.23. The number of ether oxygens (including phenoxy) is 1. The maximum absolute atomic E-state index is 12.7. The number of nitrogens with zero attached hydrogens (tertiary/aromatic N) is 3. The lowest BCUT2D eigenvalue weighted by Crippen LogP contribution is -2.42. The smallest absolute Gasteiger partial charge is 0.416 e. The van der Waals surface area contributed by atoms with E-state index in [4.69, 9.17) is 16.3 Å². The second kappa shape index (κ2) is 8.11. The molecule has 0 aliphatic heterocycles. The van der Waals surface area contributed by atoms with Gasteiger partial charge in [0.25, 0.3) is 0 Å². The molecule has 1 fully saturated rings. The third-order valence-electron chi connectivity index (χ3n) is 4.21. The Balaban J connectivity index is 1.75. The van der Waals surface area contributed by atoms with Gasteiger partial charge in [-0.2, -0.15) is 0 Å². The number of amides is 1. The normalized spacial score (nSPS) is 15.0. The van der Waals surface area contributed by atoms with Gasteiger partial charge in [-0.15, -0.1) is 10.2 Å². The number of carbonyl (C=O) groups is 1. The first-order valence-electron chi connectivity index (χ1n) is 8.23. The quantitative estimate of drug-likeness (QED) is 0.812. The SMILES string of the molecule is O=C(OCc1ccccc1)N(c1ccc(Cl)nn1)C1CCCCC1. The molecule has 0 atom stereocenters. The van der Waals surface area contributed by atoms with Crippen LogP contribution >= 0.6 is 11.6 Å². The van der Waals surface area contributed by atoms with Crippen LogP contribution in [-0.2, 0) is 11.3 Å². The summed E-state index contributed by atoms with van der Waals surface area (Å²) in [5.74, 6) is 0.490. The number of hydrogen-bond donors (Lipinski definition) is 0. The van der Waals surface area contributed by atoms with E-state index in [2.05, 4.69) is 10.2 Å². The first-order chi connectivity index (χ1) is 11.7. The van der Waals surface area contributed by atoms with Crippen molar-refractivity contribution in [1.82, 2.24) is 10.2 Å². The van der Waals surface area contributed by atoms with Gasteiger partial charge in [0, 0.05) is 6.04 Å². The fourth-order valence-electron chi connectivity index (χ4n) is 3.00. The van der Waals surface area contributed by atoms with Crippen LogP contribution in [0.15, 0.2) is 42.5 Å². The molecule has 24 heavy (non-hydrogen) atoms. The summed E-state index contributed by atoms with van der Waals surface area (Å²) < 4.78 is 5.51. The zero-order chi connectivity index (χ0) is 16.8. The monoisotopic (exact) mass is 345 g/mol. The van der Waals surface area contributed by atoms with Crippen molar-refractivity contribution in [3.63, 3.8) is 0 Å². The van der Waals surface area contributed by atoms with Crippen molar-refractivity contribution in [2.45, 2.75) is 44.8 Å². The minimum atomic E-state index is -0.387. The molecular formula is C18H20ClN3O2. The number of hydrogen-bond acceptors (Lipinski definition) is 4. The van der Waals surface area contributed by atoms with Gasteiger partial charge in [0.1, 0.15) is 6.61 Å². The van der Waals surface area contributed by atoms with Gasteiger partial charge in [-0.05, 0) is 30.5 Å². The number of anilines is 1. The molecule has 1 aromatic carbocycles. The zero-order valence-corrected chi connectivity index (χ0v) is 14.2. The Bertz CT molecular complexity index is 658. The Morgan fingerprint density at radius 3 is 2.50 bits per heavy atom. The summed E-state index contributed by atoms with van der Waals surface area (Å²) in [6, 6.07) is 13.1. The van der Waals surface area contributed by atoms with Crippen LogP contribution in [0, 0.1) is 0 Å². The van der Waals surface area contributed by atoms with E-state index in [1.165, 1.54) is 6.42 Å². The lowest BCUT2D eigenvalue weighted by Gasteiger charge is -2.32. The van der Waals surface area contributed by atoms with Gasteiger partial charge in [0.05, 0.1) is 0 Å². The van der Waals surface area contributed by atoms with E-state index in [1.807, 2.05) is 30.3 Å². The maximum Gasteiger partial charge on any atom is 0.416 e. The summed E-state index contributed by atoms with van der Waals surface area (Å²) in [4.78, 5) is 14.3. The van der Waals surface area contributed by atoms with Crippen molar-refractivity contribution < 1.29 is 9.53 Å². The van der Waals surface area contributed by atoms with E-state index >= 15 is 0 Å². The Morgan fingerprint density at radius 2 is 1.83 bits per heavy atom. The maximum atomic E-state index is 12.7. The van der Waals surface area contributed by atoms with Gasteiger partial charge in [0.15, 0.2) is 11.0 Å². The van der Waals surface area contributed by atoms with Crippen LogP contribution in [0.3, 0.4) is 0 Å². The van der Waals surface area contributed by atoms with Crippen molar-refractivity contribution in [1.29, 1.82) is 0 Å². The lowest BCUT2D eigenvalue weighted by molar-refractivity contribution is 0.142. The molecule has 1 aromatic heterocycles. The molecule has 0 N–H and O–H groups in total. The fourth-order valence-corrected chi connectivity index (χ4v) is 3.10. The van der Waals surface area contributed by atoms with Crippen LogP contribution < -0.4 is 4.90 Å². The number of aromatic nitrogens is 2. The predicted octanol–water partition coefficient (Wildman–Crippen LogP) is 4.61. The predicted molar refractivity (Wildman–Crippen MR) is 93.0 cm³/mol. The first-order valence-corrected chi connectivity index (χ1v) is 8.61. The minimum absolute atomic E-state index is 0.0949. The second-order valence-corrected chi connectivity index (χ2v) is 6.30. The number of rotatable bonds is 4. The van der Waals surface area contributed by atoms with Crippen LogP contribution in [0.25, 0.3) is 0 Å². The molecule has 0 radical (unpaired) electrons. The molecule has 3 rings (SSSR count). The van der Waals surface area contributed by atoms with E-state index in [0.29, 0.717) is 11.0 Å². The summed E-state index contributed by atoms with van der Waals surface area (Å²) in [5, 5.41) is 8.24. The number of carbonyl (C=O) groups excluding carboxylic acids is 1. The summed E-state index contributed by atoms with van der Waals surface area (Å²) in [6.45, 7) is 0.240. The fraction of sp³-hybridized carbons (Fsp3) is 0.389. The Labute approximate surface area is 146 Å². The van der Waals surface area contributed by atoms with Crippen molar-refractivity contribution in [2.24, 2.45) is 0 Å². The Hall–Kier alpha value is -2.14. The minimum Gasteiger partial charge on any atom is -0.444 e. The highest BCUT2D eigenvalue weighted by molar-refractivity contribution is 6.29. The molecular weight excluding hydrogens is 326 g/mol. The van der Waals surface area contributed by atoms with Gasteiger partial charge in [-0.25, -0.2) is 4.79 Å². The molecule has 0 bridgehead atoms. The molecule has 5 nitrogen and oxygen atoms in total. The average Bonchev–Trinajstić information content (AvgIpc) is 2.64. The van der Waals surface area contributed by atoms with Crippen LogP contribution in [-0.4, -0.2) is 22.3 Å². The molecule has 0 saturated heterocycles. The largest absolute Gasteiger partial charge is 0.444 e. The van der Waals surface area contributed by atoms with E-state index in [-0.39, 0.29) is 18.7 Å². The van der Waals surface area contributed by atoms with Gasteiger partial charge in [0.2, 0.25) is 0 Å². The molecule has 6 heteroatoms.